The zero-order valence-corrected chi connectivity index (χ0v) is 14.4. The molecule has 2 aromatic heterocycles. The summed E-state index contributed by atoms with van der Waals surface area (Å²) in [7, 11) is 0. The van der Waals surface area contributed by atoms with Crippen LogP contribution in [0.15, 0.2) is 60.2 Å². The topological polar surface area (TPSA) is 58.1 Å². The van der Waals surface area contributed by atoms with Crippen LogP contribution in [0.2, 0.25) is 0 Å². The quantitative estimate of drug-likeness (QED) is 0.727. The molecule has 0 saturated heterocycles. The fraction of sp³-hybridized carbons (Fsp3) is 0.211. The summed E-state index contributed by atoms with van der Waals surface area (Å²) in [5.41, 5.74) is 1.49. The Balaban J connectivity index is 1.53. The lowest BCUT2D eigenvalue weighted by atomic mass is 10.1. The van der Waals surface area contributed by atoms with Gasteiger partial charge in [-0.05, 0) is 48.6 Å². The van der Waals surface area contributed by atoms with Gasteiger partial charge in [-0.2, -0.15) is 0 Å². The highest BCUT2D eigenvalue weighted by Gasteiger charge is 2.33. The number of thiophene rings is 1. The number of nitrogens with zero attached hydrogens (tertiary/aromatic N) is 3. The Kier molecular flexibility index (Phi) is 4.43. The van der Waals surface area contributed by atoms with Gasteiger partial charge in [0.1, 0.15) is 0 Å². The number of carbonyl (C=O) groups excluding carboxylic acids is 1. The molecule has 5 nitrogen and oxygen atoms in total. The van der Waals surface area contributed by atoms with E-state index in [2.05, 4.69) is 26.7 Å². The van der Waals surface area contributed by atoms with Gasteiger partial charge in [0, 0.05) is 34.6 Å². The molecule has 0 radical (unpaired) electrons. The maximum atomic E-state index is 13.0. The molecule has 4 rings (SSSR count). The molecule has 1 fully saturated rings. The molecule has 2 heterocycles. The Morgan fingerprint density at radius 3 is 2.72 bits per heavy atom. The summed E-state index contributed by atoms with van der Waals surface area (Å²) >= 11 is 1.69. The standard InChI is InChI=1S/C19H18N4OS/c24-18(23(16-7-8-16)13-17-6-2-11-25-17)14-4-1-5-15(12-14)22-19-20-9-3-10-21-19/h1-6,9-12,16H,7-8,13H2,(H,20,21,22). The Bertz CT molecular complexity index is 847. The second kappa shape index (κ2) is 7.03. The third-order valence-corrected chi connectivity index (χ3v) is 4.95. The first-order valence-electron chi connectivity index (χ1n) is 8.27. The van der Waals surface area contributed by atoms with Crippen molar-refractivity contribution in [2.75, 3.05) is 5.32 Å². The molecule has 1 N–H and O–H groups in total. The number of benzene rings is 1. The van der Waals surface area contributed by atoms with Crippen molar-refractivity contribution >= 4 is 28.9 Å². The smallest absolute Gasteiger partial charge is 0.254 e. The van der Waals surface area contributed by atoms with Gasteiger partial charge in [0.2, 0.25) is 5.95 Å². The Morgan fingerprint density at radius 2 is 2.00 bits per heavy atom. The molecule has 1 saturated carbocycles. The van der Waals surface area contributed by atoms with Crippen LogP contribution in [0.4, 0.5) is 11.6 Å². The van der Waals surface area contributed by atoms with Gasteiger partial charge in [-0.15, -0.1) is 11.3 Å². The average Bonchev–Trinajstić information content (AvgIpc) is 3.36. The number of anilines is 2. The predicted octanol–water partition coefficient (Wildman–Crippen LogP) is 4.09. The minimum absolute atomic E-state index is 0.0773. The highest BCUT2D eigenvalue weighted by molar-refractivity contribution is 7.09. The largest absolute Gasteiger partial charge is 0.331 e. The first kappa shape index (κ1) is 15.8. The number of nitrogens with one attached hydrogen (secondary N) is 1. The van der Waals surface area contributed by atoms with Crippen molar-refractivity contribution in [2.45, 2.75) is 25.4 Å². The molecule has 126 valence electrons. The minimum Gasteiger partial charge on any atom is -0.331 e. The van der Waals surface area contributed by atoms with Crippen molar-refractivity contribution in [1.82, 2.24) is 14.9 Å². The average molecular weight is 350 g/mol. The summed E-state index contributed by atoms with van der Waals surface area (Å²) in [6.45, 7) is 0.681. The molecular formula is C19H18N4OS. The van der Waals surface area contributed by atoms with Crippen LogP contribution in [0, 0.1) is 0 Å². The number of hydrogen-bond acceptors (Lipinski definition) is 5. The van der Waals surface area contributed by atoms with Gasteiger partial charge < -0.3 is 10.2 Å². The molecule has 1 aliphatic carbocycles. The molecule has 25 heavy (non-hydrogen) atoms. The summed E-state index contributed by atoms with van der Waals surface area (Å²) in [5.74, 6) is 0.596. The third kappa shape index (κ3) is 3.85. The zero-order chi connectivity index (χ0) is 17.1. The van der Waals surface area contributed by atoms with Crippen LogP contribution in [-0.4, -0.2) is 26.8 Å². The van der Waals surface area contributed by atoms with Gasteiger partial charge in [-0.25, -0.2) is 9.97 Å². The molecule has 3 aromatic rings. The summed E-state index contributed by atoms with van der Waals surface area (Å²) in [5, 5.41) is 5.19. The maximum Gasteiger partial charge on any atom is 0.254 e. The summed E-state index contributed by atoms with van der Waals surface area (Å²) in [4.78, 5) is 24.5. The van der Waals surface area contributed by atoms with Crippen LogP contribution in [0.1, 0.15) is 28.1 Å². The zero-order valence-electron chi connectivity index (χ0n) is 13.6. The molecule has 0 spiro atoms. The number of amides is 1. The number of aromatic nitrogens is 2. The lowest BCUT2D eigenvalue weighted by Gasteiger charge is -2.22. The highest BCUT2D eigenvalue weighted by Crippen LogP contribution is 2.31. The Hall–Kier alpha value is -2.73. The van der Waals surface area contributed by atoms with E-state index >= 15 is 0 Å². The van der Waals surface area contributed by atoms with E-state index < -0.39 is 0 Å². The van der Waals surface area contributed by atoms with Crippen LogP contribution >= 0.6 is 11.3 Å². The van der Waals surface area contributed by atoms with E-state index in [1.54, 1.807) is 29.8 Å². The van der Waals surface area contributed by atoms with Crippen LogP contribution in [0.5, 0.6) is 0 Å². The van der Waals surface area contributed by atoms with Crippen LogP contribution in [0.3, 0.4) is 0 Å². The first-order valence-corrected chi connectivity index (χ1v) is 9.15. The number of rotatable bonds is 6. The molecular weight excluding hydrogens is 332 g/mol. The van der Waals surface area contributed by atoms with Crippen molar-refractivity contribution in [3.05, 3.63) is 70.7 Å². The molecule has 0 aliphatic heterocycles. The lowest BCUT2D eigenvalue weighted by Crippen LogP contribution is -2.32. The van der Waals surface area contributed by atoms with E-state index in [1.807, 2.05) is 35.2 Å². The first-order chi connectivity index (χ1) is 12.3. The fourth-order valence-corrected chi connectivity index (χ4v) is 3.41. The predicted molar refractivity (Wildman–Crippen MR) is 99.0 cm³/mol. The van der Waals surface area contributed by atoms with Crippen molar-refractivity contribution in [3.63, 3.8) is 0 Å². The van der Waals surface area contributed by atoms with Crippen LogP contribution in [0.25, 0.3) is 0 Å². The summed E-state index contributed by atoms with van der Waals surface area (Å²) in [6.07, 6.45) is 5.54. The molecule has 0 atom stereocenters. The Morgan fingerprint density at radius 1 is 1.16 bits per heavy atom. The monoisotopic (exact) mass is 350 g/mol. The number of hydrogen-bond donors (Lipinski definition) is 1. The van der Waals surface area contributed by atoms with Crippen molar-refractivity contribution < 1.29 is 4.79 Å². The van der Waals surface area contributed by atoms with Gasteiger partial charge in [0.05, 0.1) is 6.54 Å². The van der Waals surface area contributed by atoms with E-state index in [9.17, 15) is 4.79 Å². The van der Waals surface area contributed by atoms with E-state index in [4.69, 9.17) is 0 Å². The normalized spacial score (nSPS) is 13.4. The molecule has 1 aliphatic rings. The SMILES string of the molecule is O=C(c1cccc(Nc2ncccn2)c1)N(Cc1cccs1)C1CC1. The molecule has 1 aromatic carbocycles. The summed E-state index contributed by atoms with van der Waals surface area (Å²) < 4.78 is 0. The highest BCUT2D eigenvalue weighted by atomic mass is 32.1. The molecule has 0 bridgehead atoms. The molecule has 6 heteroatoms. The van der Waals surface area contributed by atoms with E-state index in [0.29, 0.717) is 24.1 Å². The molecule has 0 unspecified atom stereocenters. The Labute approximate surface area is 150 Å². The number of carbonyl (C=O) groups is 1. The third-order valence-electron chi connectivity index (χ3n) is 4.09. The minimum atomic E-state index is 0.0773. The second-order valence-electron chi connectivity index (χ2n) is 6.02. The van der Waals surface area contributed by atoms with Gasteiger partial charge in [-0.1, -0.05) is 12.1 Å². The van der Waals surface area contributed by atoms with Gasteiger partial charge in [0.25, 0.3) is 5.91 Å². The summed E-state index contributed by atoms with van der Waals surface area (Å²) in [6, 6.07) is 13.8. The second-order valence-corrected chi connectivity index (χ2v) is 7.05. The molecule has 1 amide bonds. The fourth-order valence-electron chi connectivity index (χ4n) is 2.71. The van der Waals surface area contributed by atoms with Gasteiger partial charge in [0.15, 0.2) is 0 Å². The van der Waals surface area contributed by atoms with E-state index in [1.165, 1.54) is 4.88 Å². The van der Waals surface area contributed by atoms with E-state index in [-0.39, 0.29) is 5.91 Å². The van der Waals surface area contributed by atoms with Gasteiger partial charge in [-0.3, -0.25) is 4.79 Å². The van der Waals surface area contributed by atoms with Crippen molar-refractivity contribution in [1.29, 1.82) is 0 Å². The van der Waals surface area contributed by atoms with Crippen LogP contribution < -0.4 is 5.32 Å². The van der Waals surface area contributed by atoms with Gasteiger partial charge >= 0.3 is 0 Å². The van der Waals surface area contributed by atoms with E-state index in [0.717, 1.165) is 18.5 Å². The van der Waals surface area contributed by atoms with Crippen LogP contribution in [-0.2, 0) is 6.54 Å². The maximum absolute atomic E-state index is 13.0. The van der Waals surface area contributed by atoms with Crippen molar-refractivity contribution in [2.24, 2.45) is 0 Å². The lowest BCUT2D eigenvalue weighted by molar-refractivity contribution is 0.0732. The van der Waals surface area contributed by atoms with Crippen molar-refractivity contribution in [3.8, 4) is 0 Å².